The Morgan fingerprint density at radius 2 is 1.05 bits per heavy atom. The molecule has 0 saturated carbocycles. The molecular weight excluding hydrogens is 681 g/mol. The van der Waals surface area contributed by atoms with Gasteiger partial charge in [-0.2, -0.15) is 0 Å². The van der Waals surface area contributed by atoms with Crippen molar-refractivity contribution in [2.45, 2.75) is 19.3 Å². The van der Waals surface area contributed by atoms with Crippen molar-refractivity contribution < 1.29 is 4.42 Å². The average Bonchev–Trinajstić information content (AvgIpc) is 3.75. The lowest BCUT2D eigenvalue weighted by Crippen LogP contribution is -2.14. The molecule has 11 rings (SSSR count). The van der Waals surface area contributed by atoms with Crippen LogP contribution in [0, 0.1) is 0 Å². The zero-order valence-electron chi connectivity index (χ0n) is 31.1. The number of nitrogens with zero attached hydrogens (tertiary/aromatic N) is 2. The summed E-state index contributed by atoms with van der Waals surface area (Å²) in [5.41, 5.74) is 16.2. The SMILES string of the molecule is CC1(C)c2ccccc2-c2cc(-c3cc(-c4cc(-c5ccc6ccccc6c5)cc(-c5cccc6oc7ccccc7c56)c4)nc(-c4ccccc4)n3)ccc21. The summed E-state index contributed by atoms with van der Waals surface area (Å²) in [6.07, 6.45) is 0. The van der Waals surface area contributed by atoms with Gasteiger partial charge in [0.2, 0.25) is 0 Å². The second-order valence-electron chi connectivity index (χ2n) is 15.4. The third-order valence-electron chi connectivity index (χ3n) is 11.7. The van der Waals surface area contributed by atoms with Crippen LogP contribution in [-0.4, -0.2) is 9.97 Å². The third-order valence-corrected chi connectivity index (χ3v) is 11.7. The number of furan rings is 1. The molecule has 3 heteroatoms. The average molecular weight is 717 g/mol. The van der Waals surface area contributed by atoms with Gasteiger partial charge in [-0.1, -0.05) is 147 Å². The Labute approximate surface area is 325 Å². The maximum absolute atomic E-state index is 6.37. The molecule has 3 nitrogen and oxygen atoms in total. The van der Waals surface area contributed by atoms with Crippen molar-refractivity contribution in [3.8, 4) is 67.3 Å². The molecule has 2 heterocycles. The first kappa shape index (κ1) is 32.3. The van der Waals surface area contributed by atoms with Crippen molar-refractivity contribution in [2.24, 2.45) is 0 Å². The first-order valence-corrected chi connectivity index (χ1v) is 19.2. The molecule has 264 valence electrons. The van der Waals surface area contributed by atoms with Crippen LogP contribution in [0.3, 0.4) is 0 Å². The van der Waals surface area contributed by atoms with Crippen LogP contribution in [0.2, 0.25) is 0 Å². The Balaban J connectivity index is 1.15. The molecule has 0 amide bonds. The van der Waals surface area contributed by atoms with Crippen LogP contribution >= 0.6 is 0 Å². The van der Waals surface area contributed by atoms with Gasteiger partial charge >= 0.3 is 0 Å². The Hall–Kier alpha value is -7.10. The summed E-state index contributed by atoms with van der Waals surface area (Å²) in [4.78, 5) is 10.6. The number of hydrogen-bond acceptors (Lipinski definition) is 3. The summed E-state index contributed by atoms with van der Waals surface area (Å²) < 4.78 is 6.37. The fraction of sp³-hybridized carbons (Fsp3) is 0.0566. The summed E-state index contributed by atoms with van der Waals surface area (Å²) in [6, 6.07) is 64.9. The molecule has 10 aromatic rings. The van der Waals surface area contributed by atoms with Crippen LogP contribution in [0.4, 0.5) is 0 Å². The highest BCUT2D eigenvalue weighted by atomic mass is 16.3. The lowest BCUT2D eigenvalue weighted by Gasteiger charge is -2.21. The normalized spacial score (nSPS) is 13.0. The topological polar surface area (TPSA) is 38.9 Å². The summed E-state index contributed by atoms with van der Waals surface area (Å²) in [5, 5.41) is 4.64. The largest absolute Gasteiger partial charge is 0.456 e. The fourth-order valence-electron chi connectivity index (χ4n) is 8.82. The second kappa shape index (κ2) is 12.5. The summed E-state index contributed by atoms with van der Waals surface area (Å²) in [6.45, 7) is 4.64. The van der Waals surface area contributed by atoms with E-state index in [1.165, 1.54) is 33.0 Å². The van der Waals surface area contributed by atoms with Gasteiger partial charge in [0.05, 0.1) is 11.4 Å². The minimum Gasteiger partial charge on any atom is -0.456 e. The molecule has 0 fully saturated rings. The highest BCUT2D eigenvalue weighted by Crippen LogP contribution is 2.49. The lowest BCUT2D eigenvalue weighted by atomic mass is 9.82. The first-order chi connectivity index (χ1) is 27.5. The van der Waals surface area contributed by atoms with Gasteiger partial charge in [0.1, 0.15) is 11.2 Å². The third kappa shape index (κ3) is 5.20. The molecule has 0 spiro atoms. The van der Waals surface area contributed by atoms with E-state index in [0.717, 1.165) is 72.3 Å². The molecule has 0 radical (unpaired) electrons. The molecule has 0 saturated heterocycles. The monoisotopic (exact) mass is 716 g/mol. The summed E-state index contributed by atoms with van der Waals surface area (Å²) in [7, 11) is 0. The van der Waals surface area contributed by atoms with E-state index in [1.54, 1.807) is 0 Å². The van der Waals surface area contributed by atoms with Crippen molar-refractivity contribution >= 4 is 32.7 Å². The Bertz CT molecular complexity index is 3170. The van der Waals surface area contributed by atoms with Gasteiger partial charge in [0.25, 0.3) is 0 Å². The van der Waals surface area contributed by atoms with E-state index < -0.39 is 0 Å². The van der Waals surface area contributed by atoms with Gasteiger partial charge in [-0.05, 0) is 104 Å². The second-order valence-corrected chi connectivity index (χ2v) is 15.4. The van der Waals surface area contributed by atoms with E-state index >= 15 is 0 Å². The van der Waals surface area contributed by atoms with Crippen LogP contribution in [-0.2, 0) is 5.41 Å². The molecule has 1 aliphatic rings. The molecule has 0 unspecified atom stereocenters. The number of fused-ring (bicyclic) bond motifs is 7. The van der Waals surface area contributed by atoms with Gasteiger partial charge in [-0.25, -0.2) is 9.97 Å². The summed E-state index contributed by atoms with van der Waals surface area (Å²) in [5.74, 6) is 0.694. The highest BCUT2D eigenvalue weighted by molar-refractivity contribution is 6.12. The van der Waals surface area contributed by atoms with E-state index in [2.05, 4.69) is 166 Å². The number of rotatable bonds is 5. The van der Waals surface area contributed by atoms with Gasteiger partial charge < -0.3 is 4.42 Å². The molecule has 8 aromatic carbocycles. The van der Waals surface area contributed by atoms with Gasteiger partial charge in [0, 0.05) is 32.9 Å². The molecule has 0 bridgehead atoms. The van der Waals surface area contributed by atoms with Crippen LogP contribution in [0.5, 0.6) is 0 Å². The minimum absolute atomic E-state index is 0.0702. The predicted molar refractivity (Wildman–Crippen MR) is 232 cm³/mol. The minimum atomic E-state index is -0.0702. The number of aromatic nitrogens is 2. The lowest BCUT2D eigenvalue weighted by molar-refractivity contribution is 0.660. The van der Waals surface area contributed by atoms with Crippen molar-refractivity contribution in [3.05, 3.63) is 193 Å². The molecular formula is C53H36N2O. The van der Waals surface area contributed by atoms with Gasteiger partial charge in [0.15, 0.2) is 5.82 Å². The quantitative estimate of drug-likeness (QED) is 0.178. The maximum Gasteiger partial charge on any atom is 0.160 e. The Morgan fingerprint density at radius 3 is 1.95 bits per heavy atom. The zero-order valence-corrected chi connectivity index (χ0v) is 31.1. The van der Waals surface area contributed by atoms with Crippen LogP contribution in [0.15, 0.2) is 186 Å². The van der Waals surface area contributed by atoms with E-state index in [9.17, 15) is 0 Å². The number of benzene rings is 8. The maximum atomic E-state index is 6.37. The first-order valence-electron chi connectivity index (χ1n) is 19.2. The van der Waals surface area contributed by atoms with E-state index in [0.29, 0.717) is 5.82 Å². The molecule has 1 aliphatic carbocycles. The molecule has 56 heavy (non-hydrogen) atoms. The zero-order chi connectivity index (χ0) is 37.4. The van der Waals surface area contributed by atoms with Crippen LogP contribution in [0.25, 0.3) is 100.0 Å². The highest BCUT2D eigenvalue weighted by Gasteiger charge is 2.35. The Morgan fingerprint density at radius 1 is 0.393 bits per heavy atom. The van der Waals surface area contributed by atoms with Gasteiger partial charge in [-0.3, -0.25) is 0 Å². The molecule has 2 aromatic heterocycles. The van der Waals surface area contributed by atoms with Crippen molar-refractivity contribution in [1.82, 2.24) is 9.97 Å². The smallest absolute Gasteiger partial charge is 0.160 e. The van der Waals surface area contributed by atoms with E-state index in [4.69, 9.17) is 14.4 Å². The number of para-hydroxylation sites is 1. The van der Waals surface area contributed by atoms with E-state index in [-0.39, 0.29) is 5.41 Å². The van der Waals surface area contributed by atoms with Crippen molar-refractivity contribution in [1.29, 1.82) is 0 Å². The van der Waals surface area contributed by atoms with Crippen molar-refractivity contribution in [2.75, 3.05) is 0 Å². The van der Waals surface area contributed by atoms with E-state index in [1.807, 2.05) is 30.3 Å². The Kier molecular flexibility index (Phi) is 7.20. The van der Waals surface area contributed by atoms with Crippen LogP contribution in [0.1, 0.15) is 25.0 Å². The summed E-state index contributed by atoms with van der Waals surface area (Å²) >= 11 is 0. The molecule has 0 aliphatic heterocycles. The standard InChI is InChI=1S/C53H36N2O/c1-53(2)45-20-10-8-17-42(45)44-31-37(25-26-46(44)53)47-32-48(55-52(54-47)34-14-4-3-5-15-34)40-29-38(36-24-23-33-13-6-7-16-35(33)27-36)28-39(30-40)41-19-12-22-50-51(41)43-18-9-11-21-49(43)56-50/h3-32H,1-2H3. The van der Waals surface area contributed by atoms with Gasteiger partial charge in [-0.15, -0.1) is 0 Å². The fourth-order valence-corrected chi connectivity index (χ4v) is 8.82. The van der Waals surface area contributed by atoms with Crippen LogP contribution < -0.4 is 0 Å². The van der Waals surface area contributed by atoms with Crippen molar-refractivity contribution in [3.63, 3.8) is 0 Å². The molecule has 0 atom stereocenters. The molecule has 0 N–H and O–H groups in total. The predicted octanol–water partition coefficient (Wildman–Crippen LogP) is 14.2. The number of hydrogen-bond donors (Lipinski definition) is 0.